The highest BCUT2D eigenvalue weighted by Gasteiger charge is 2.10. The molecule has 116 valence electrons. The lowest BCUT2D eigenvalue weighted by Gasteiger charge is -2.14. The van der Waals surface area contributed by atoms with Crippen LogP contribution in [0.3, 0.4) is 0 Å². The smallest absolute Gasteiger partial charge is 0.257 e. The van der Waals surface area contributed by atoms with Crippen molar-refractivity contribution in [3.63, 3.8) is 0 Å². The third-order valence-electron chi connectivity index (χ3n) is 3.88. The third kappa shape index (κ3) is 3.85. The summed E-state index contributed by atoms with van der Waals surface area (Å²) in [4.78, 5) is 16.6. The molecule has 2 rings (SSSR count). The van der Waals surface area contributed by atoms with Crippen molar-refractivity contribution in [2.45, 2.75) is 40.2 Å². The molecule has 0 saturated heterocycles. The van der Waals surface area contributed by atoms with Crippen molar-refractivity contribution in [1.82, 2.24) is 4.98 Å². The van der Waals surface area contributed by atoms with Crippen LogP contribution in [0.4, 0.5) is 11.4 Å². The molecule has 0 saturated carbocycles. The highest BCUT2D eigenvalue weighted by molar-refractivity contribution is 6.05. The Bertz CT molecular complexity index is 667. The van der Waals surface area contributed by atoms with E-state index in [1.165, 1.54) is 0 Å². The largest absolute Gasteiger partial charge is 0.381 e. The first kappa shape index (κ1) is 16.0. The quantitative estimate of drug-likeness (QED) is 0.871. The molecule has 1 amide bonds. The molecule has 0 aliphatic rings. The number of carbonyl (C=O) groups is 1. The van der Waals surface area contributed by atoms with Gasteiger partial charge in [0.1, 0.15) is 0 Å². The number of hydrogen-bond donors (Lipinski definition) is 2. The van der Waals surface area contributed by atoms with Crippen LogP contribution in [0.5, 0.6) is 0 Å². The van der Waals surface area contributed by atoms with Crippen LogP contribution in [0, 0.1) is 13.8 Å². The van der Waals surface area contributed by atoms with E-state index in [1.54, 1.807) is 12.4 Å². The van der Waals surface area contributed by atoms with Gasteiger partial charge in [-0.2, -0.15) is 0 Å². The fourth-order valence-electron chi connectivity index (χ4n) is 2.11. The zero-order chi connectivity index (χ0) is 16.1. The topological polar surface area (TPSA) is 54.0 Å². The molecule has 2 aromatic rings. The molecule has 2 N–H and O–H groups in total. The predicted octanol–water partition coefficient (Wildman–Crippen LogP) is 4.16. The van der Waals surface area contributed by atoms with Gasteiger partial charge in [-0.1, -0.05) is 19.1 Å². The van der Waals surface area contributed by atoms with Gasteiger partial charge in [0.25, 0.3) is 5.91 Å². The Hall–Kier alpha value is -2.36. The van der Waals surface area contributed by atoms with Crippen molar-refractivity contribution in [2.75, 3.05) is 10.6 Å². The lowest BCUT2D eigenvalue weighted by Crippen LogP contribution is -2.16. The summed E-state index contributed by atoms with van der Waals surface area (Å²) in [5, 5.41) is 6.28. The molecule has 0 aliphatic heterocycles. The maximum absolute atomic E-state index is 12.4. The highest BCUT2D eigenvalue weighted by atomic mass is 16.1. The summed E-state index contributed by atoms with van der Waals surface area (Å²) in [5.74, 6) is -0.144. The molecule has 0 radical (unpaired) electrons. The van der Waals surface area contributed by atoms with Crippen molar-refractivity contribution >= 4 is 17.3 Å². The van der Waals surface area contributed by atoms with Crippen LogP contribution < -0.4 is 10.6 Å². The Morgan fingerprint density at radius 2 is 2.05 bits per heavy atom. The summed E-state index contributed by atoms with van der Waals surface area (Å²) in [6, 6.07) is 8.06. The van der Waals surface area contributed by atoms with Gasteiger partial charge in [0.2, 0.25) is 0 Å². The SMILES string of the molecule is CCC(C)Nc1cncc(C(=O)Nc2cccc(C)c2C)c1. The summed E-state index contributed by atoms with van der Waals surface area (Å²) in [6.07, 6.45) is 4.34. The molecule has 0 spiro atoms. The first-order chi connectivity index (χ1) is 10.5. The molecule has 4 nitrogen and oxygen atoms in total. The summed E-state index contributed by atoms with van der Waals surface area (Å²) in [5.41, 5.74) is 4.49. The molecule has 4 heteroatoms. The molecule has 1 atom stereocenters. The summed E-state index contributed by atoms with van der Waals surface area (Å²) in [6.45, 7) is 8.25. The van der Waals surface area contributed by atoms with Gasteiger partial charge in [-0.3, -0.25) is 9.78 Å². The van der Waals surface area contributed by atoms with Crippen LogP contribution in [-0.4, -0.2) is 16.9 Å². The van der Waals surface area contributed by atoms with E-state index in [9.17, 15) is 4.79 Å². The van der Waals surface area contributed by atoms with Gasteiger partial charge in [0.15, 0.2) is 0 Å². The molecule has 22 heavy (non-hydrogen) atoms. The second-order valence-corrected chi connectivity index (χ2v) is 5.62. The fraction of sp³-hybridized carbons (Fsp3) is 0.333. The van der Waals surface area contributed by atoms with E-state index in [1.807, 2.05) is 38.1 Å². The van der Waals surface area contributed by atoms with E-state index in [0.29, 0.717) is 11.6 Å². The zero-order valence-corrected chi connectivity index (χ0v) is 13.6. The van der Waals surface area contributed by atoms with Crippen LogP contribution in [0.2, 0.25) is 0 Å². The molecule has 0 fully saturated rings. The molecule has 1 heterocycles. The van der Waals surface area contributed by atoms with E-state index in [0.717, 1.165) is 28.9 Å². The molecule has 0 bridgehead atoms. The fourth-order valence-corrected chi connectivity index (χ4v) is 2.11. The van der Waals surface area contributed by atoms with E-state index in [-0.39, 0.29) is 5.91 Å². The van der Waals surface area contributed by atoms with Crippen LogP contribution in [0.25, 0.3) is 0 Å². The first-order valence-electron chi connectivity index (χ1n) is 7.60. The summed E-state index contributed by atoms with van der Waals surface area (Å²) >= 11 is 0. The number of nitrogens with zero attached hydrogens (tertiary/aromatic N) is 1. The number of anilines is 2. The Labute approximate surface area is 132 Å². The monoisotopic (exact) mass is 297 g/mol. The summed E-state index contributed by atoms with van der Waals surface area (Å²) in [7, 11) is 0. The Kier molecular flexibility index (Phi) is 5.15. The van der Waals surface area contributed by atoms with Gasteiger partial charge in [-0.15, -0.1) is 0 Å². The number of amides is 1. The standard InChI is InChI=1S/C18H23N3O/c1-5-13(3)20-16-9-15(10-19-11-16)18(22)21-17-8-6-7-12(2)14(17)4/h6-11,13,20H,5H2,1-4H3,(H,21,22). The average Bonchev–Trinajstić information content (AvgIpc) is 2.52. The maximum Gasteiger partial charge on any atom is 0.257 e. The number of aryl methyl sites for hydroxylation is 1. The lowest BCUT2D eigenvalue weighted by atomic mass is 10.1. The number of nitrogens with one attached hydrogen (secondary N) is 2. The van der Waals surface area contributed by atoms with Crippen LogP contribution in [0.15, 0.2) is 36.7 Å². The van der Waals surface area contributed by atoms with Crippen molar-refractivity contribution in [3.05, 3.63) is 53.3 Å². The number of pyridine rings is 1. The minimum absolute atomic E-state index is 0.144. The molecule has 1 aromatic carbocycles. The predicted molar refractivity (Wildman–Crippen MR) is 91.5 cm³/mol. The Morgan fingerprint density at radius 1 is 1.27 bits per heavy atom. The van der Waals surface area contributed by atoms with Gasteiger partial charge in [-0.25, -0.2) is 0 Å². The zero-order valence-electron chi connectivity index (χ0n) is 13.6. The second kappa shape index (κ2) is 7.07. The van der Waals surface area contributed by atoms with Gasteiger partial charge >= 0.3 is 0 Å². The third-order valence-corrected chi connectivity index (χ3v) is 3.88. The van der Waals surface area contributed by atoms with Crippen LogP contribution in [-0.2, 0) is 0 Å². The average molecular weight is 297 g/mol. The van der Waals surface area contributed by atoms with Crippen LogP contribution in [0.1, 0.15) is 41.8 Å². The van der Waals surface area contributed by atoms with Crippen molar-refractivity contribution in [1.29, 1.82) is 0 Å². The van der Waals surface area contributed by atoms with Crippen molar-refractivity contribution < 1.29 is 4.79 Å². The van der Waals surface area contributed by atoms with Gasteiger partial charge in [-0.05, 0) is 50.5 Å². The van der Waals surface area contributed by atoms with Crippen molar-refractivity contribution in [3.8, 4) is 0 Å². The minimum atomic E-state index is -0.144. The number of benzene rings is 1. The van der Waals surface area contributed by atoms with Gasteiger partial charge in [0.05, 0.1) is 11.3 Å². The number of aromatic nitrogens is 1. The number of carbonyl (C=O) groups excluding carboxylic acids is 1. The molecular weight excluding hydrogens is 274 g/mol. The molecule has 1 unspecified atom stereocenters. The van der Waals surface area contributed by atoms with E-state index < -0.39 is 0 Å². The van der Waals surface area contributed by atoms with Crippen LogP contribution >= 0.6 is 0 Å². The highest BCUT2D eigenvalue weighted by Crippen LogP contribution is 2.19. The minimum Gasteiger partial charge on any atom is -0.381 e. The lowest BCUT2D eigenvalue weighted by molar-refractivity contribution is 0.102. The normalized spacial score (nSPS) is 11.8. The Morgan fingerprint density at radius 3 is 2.77 bits per heavy atom. The second-order valence-electron chi connectivity index (χ2n) is 5.62. The van der Waals surface area contributed by atoms with Crippen molar-refractivity contribution in [2.24, 2.45) is 0 Å². The summed E-state index contributed by atoms with van der Waals surface area (Å²) < 4.78 is 0. The molecular formula is C18H23N3O. The molecule has 1 aromatic heterocycles. The number of rotatable bonds is 5. The van der Waals surface area contributed by atoms with Gasteiger partial charge in [0, 0.05) is 24.1 Å². The maximum atomic E-state index is 12.4. The van der Waals surface area contributed by atoms with E-state index >= 15 is 0 Å². The molecule has 0 aliphatic carbocycles. The number of hydrogen-bond acceptors (Lipinski definition) is 3. The van der Waals surface area contributed by atoms with E-state index in [4.69, 9.17) is 0 Å². The van der Waals surface area contributed by atoms with Gasteiger partial charge < -0.3 is 10.6 Å². The van der Waals surface area contributed by atoms with E-state index in [2.05, 4.69) is 29.5 Å². The Balaban J connectivity index is 2.16. The first-order valence-corrected chi connectivity index (χ1v) is 7.60.